The molecule has 2 rings (SSSR count). The van der Waals surface area contributed by atoms with Gasteiger partial charge in [-0.3, -0.25) is 4.79 Å². The number of hydrogen-bond acceptors (Lipinski definition) is 7. The van der Waals surface area contributed by atoms with E-state index in [2.05, 4.69) is 15.4 Å². The maximum absolute atomic E-state index is 9.50. The van der Waals surface area contributed by atoms with Crippen LogP contribution in [0.3, 0.4) is 0 Å². The predicted octanol–water partition coefficient (Wildman–Crippen LogP) is -1.81. The van der Waals surface area contributed by atoms with Gasteiger partial charge in [0.25, 0.3) is 6.47 Å². The minimum absolute atomic E-state index is 0.104. The zero-order chi connectivity index (χ0) is 12.8. The van der Waals surface area contributed by atoms with Gasteiger partial charge in [0.1, 0.15) is 18.3 Å². The van der Waals surface area contributed by atoms with Crippen LogP contribution in [-0.2, 0) is 16.1 Å². The highest BCUT2D eigenvalue weighted by Gasteiger charge is 2.38. The summed E-state index contributed by atoms with van der Waals surface area (Å²) in [6.07, 6.45) is -2.50. The molecule has 9 nitrogen and oxygen atoms in total. The van der Waals surface area contributed by atoms with Gasteiger partial charge in [0.2, 0.25) is 5.82 Å². The second-order valence-electron chi connectivity index (χ2n) is 3.25. The van der Waals surface area contributed by atoms with E-state index < -0.39 is 18.3 Å². The normalized spacial score (nSPS) is 27.4. The van der Waals surface area contributed by atoms with Crippen LogP contribution in [0.15, 0.2) is 0 Å². The van der Waals surface area contributed by atoms with Crippen LogP contribution in [0.4, 0.5) is 0 Å². The van der Waals surface area contributed by atoms with Crippen molar-refractivity contribution in [3.63, 3.8) is 0 Å². The number of tetrazole rings is 1. The fourth-order valence-corrected chi connectivity index (χ4v) is 1.33. The number of carbonyl (C=O) groups is 1. The van der Waals surface area contributed by atoms with Gasteiger partial charge in [0.15, 0.2) is 0 Å². The third-order valence-corrected chi connectivity index (χ3v) is 2.16. The van der Waals surface area contributed by atoms with Gasteiger partial charge in [0, 0.05) is 0 Å². The first-order valence-electron chi connectivity index (χ1n) is 4.97. The molecule has 0 radical (unpaired) electrons. The van der Waals surface area contributed by atoms with E-state index in [1.54, 1.807) is 0 Å². The van der Waals surface area contributed by atoms with Crippen LogP contribution in [0.2, 0.25) is 0 Å². The van der Waals surface area contributed by atoms with Gasteiger partial charge in [-0.25, -0.2) is 0 Å². The lowest BCUT2D eigenvalue weighted by Crippen LogP contribution is -2.25. The van der Waals surface area contributed by atoms with Crippen molar-refractivity contribution in [1.29, 1.82) is 0 Å². The number of aliphatic hydroxyl groups excluding tert-OH is 2. The third-order valence-electron chi connectivity index (χ3n) is 2.16. The smallest absolute Gasteiger partial charge is 0.290 e. The van der Waals surface area contributed by atoms with Crippen LogP contribution in [0.1, 0.15) is 18.9 Å². The second kappa shape index (κ2) is 6.23. The van der Waals surface area contributed by atoms with Crippen molar-refractivity contribution in [3.8, 4) is 0 Å². The van der Waals surface area contributed by atoms with Gasteiger partial charge in [-0.05, 0) is 12.1 Å². The molecule has 0 aromatic carbocycles. The lowest BCUT2D eigenvalue weighted by atomic mass is 10.1. The van der Waals surface area contributed by atoms with Crippen LogP contribution in [0.5, 0.6) is 0 Å². The van der Waals surface area contributed by atoms with E-state index >= 15 is 0 Å². The molecule has 0 spiro atoms. The summed E-state index contributed by atoms with van der Waals surface area (Å²) in [7, 11) is 0. The molecule has 1 aliphatic rings. The molecule has 2 heterocycles. The molecule has 0 saturated carbocycles. The molecule has 1 aromatic rings. The van der Waals surface area contributed by atoms with Crippen molar-refractivity contribution in [2.75, 3.05) is 6.61 Å². The second-order valence-corrected chi connectivity index (χ2v) is 3.25. The van der Waals surface area contributed by atoms with Crippen LogP contribution in [0.25, 0.3) is 0 Å². The topological polar surface area (TPSA) is 131 Å². The average Bonchev–Trinajstić information content (AvgIpc) is 2.89. The highest BCUT2D eigenvalue weighted by atomic mass is 16.5. The maximum atomic E-state index is 9.50. The summed E-state index contributed by atoms with van der Waals surface area (Å²) < 4.78 is 5.14. The molecule has 1 aliphatic heterocycles. The van der Waals surface area contributed by atoms with Crippen LogP contribution >= 0.6 is 0 Å². The van der Waals surface area contributed by atoms with Gasteiger partial charge >= 0.3 is 0 Å². The molecule has 0 bridgehead atoms. The van der Waals surface area contributed by atoms with Crippen molar-refractivity contribution in [2.24, 2.45) is 0 Å². The monoisotopic (exact) mass is 246 g/mol. The van der Waals surface area contributed by atoms with Gasteiger partial charge in [-0.2, -0.15) is 4.80 Å². The number of carboxylic acid groups (broad SMARTS) is 1. The van der Waals surface area contributed by atoms with Crippen molar-refractivity contribution in [2.45, 2.75) is 31.8 Å². The van der Waals surface area contributed by atoms with Crippen molar-refractivity contribution in [1.82, 2.24) is 20.2 Å². The molecule has 17 heavy (non-hydrogen) atoms. The Kier molecular flexibility index (Phi) is 4.94. The molecule has 1 aromatic heterocycles. The first kappa shape index (κ1) is 13.5. The van der Waals surface area contributed by atoms with E-state index in [-0.39, 0.29) is 13.1 Å². The Labute approximate surface area is 96.6 Å². The number of aryl methyl sites for hydroxylation is 1. The summed E-state index contributed by atoms with van der Waals surface area (Å²) in [5.41, 5.74) is 0. The molecule has 0 aliphatic carbocycles. The number of nitrogens with zero attached hydrogens (tertiary/aromatic N) is 4. The predicted molar refractivity (Wildman–Crippen MR) is 52.9 cm³/mol. The molecule has 9 heteroatoms. The fourth-order valence-electron chi connectivity index (χ4n) is 1.33. The molecule has 3 N–H and O–H groups in total. The molecule has 3 atom stereocenters. The molecule has 1 saturated heterocycles. The Morgan fingerprint density at radius 2 is 2.24 bits per heavy atom. The summed E-state index contributed by atoms with van der Waals surface area (Å²) >= 11 is 0. The average molecular weight is 246 g/mol. The molecular formula is C8H14N4O5. The van der Waals surface area contributed by atoms with Crippen LogP contribution in [0, 0.1) is 0 Å². The lowest BCUT2D eigenvalue weighted by molar-refractivity contribution is -0.122. The van der Waals surface area contributed by atoms with Gasteiger partial charge in [-0.15, -0.1) is 10.2 Å². The fraction of sp³-hybridized carbons (Fsp3) is 0.750. The lowest BCUT2D eigenvalue weighted by Gasteiger charge is -2.09. The summed E-state index contributed by atoms with van der Waals surface area (Å²) in [4.78, 5) is 9.76. The third kappa shape index (κ3) is 3.19. The van der Waals surface area contributed by atoms with E-state index in [0.29, 0.717) is 12.4 Å². The maximum Gasteiger partial charge on any atom is 0.290 e. The highest BCUT2D eigenvalue weighted by molar-refractivity contribution is 5.32. The summed E-state index contributed by atoms with van der Waals surface area (Å²) in [6, 6.07) is 0. The first-order chi connectivity index (χ1) is 8.13. The highest BCUT2D eigenvalue weighted by Crippen LogP contribution is 2.26. The zero-order valence-electron chi connectivity index (χ0n) is 9.17. The number of rotatable bonds is 2. The van der Waals surface area contributed by atoms with E-state index in [1.807, 2.05) is 6.92 Å². The summed E-state index contributed by atoms with van der Waals surface area (Å²) in [5, 5.41) is 37.1. The zero-order valence-corrected chi connectivity index (χ0v) is 9.17. The number of aromatic nitrogens is 4. The minimum Gasteiger partial charge on any atom is -0.483 e. The minimum atomic E-state index is -0.968. The SMILES string of the molecule is CCn1nnc(C2OCC(O)C2O)n1.O=CO. The Morgan fingerprint density at radius 3 is 2.65 bits per heavy atom. The summed E-state index contributed by atoms with van der Waals surface area (Å²) in [6.45, 7) is 2.34. The van der Waals surface area contributed by atoms with Gasteiger partial charge in [0.05, 0.1) is 13.2 Å². The quantitative estimate of drug-likeness (QED) is 0.520. The number of ether oxygens (including phenoxy) is 1. The molecule has 0 amide bonds. The van der Waals surface area contributed by atoms with E-state index in [9.17, 15) is 10.2 Å². The summed E-state index contributed by atoms with van der Waals surface area (Å²) in [5.74, 6) is 0.316. The Hall–Kier alpha value is -1.58. The van der Waals surface area contributed by atoms with E-state index in [4.69, 9.17) is 14.6 Å². The van der Waals surface area contributed by atoms with Gasteiger partial charge in [-0.1, -0.05) is 0 Å². The van der Waals surface area contributed by atoms with E-state index in [0.717, 1.165) is 0 Å². The largest absolute Gasteiger partial charge is 0.483 e. The van der Waals surface area contributed by atoms with Crippen molar-refractivity contribution in [3.05, 3.63) is 5.82 Å². The van der Waals surface area contributed by atoms with E-state index in [1.165, 1.54) is 4.80 Å². The Balaban J connectivity index is 0.000000437. The standard InChI is InChI=1S/C7H12N4O3.CH2O2/c1-2-11-9-7(8-10-11)6-5(13)4(12)3-14-6;2-1-3/h4-6,12-13H,2-3H2,1H3;1H,(H,2,3). The molecule has 3 unspecified atom stereocenters. The Bertz CT molecular complexity index is 357. The molecule has 96 valence electrons. The molecule has 1 fully saturated rings. The van der Waals surface area contributed by atoms with Crippen LogP contribution < -0.4 is 0 Å². The molecular weight excluding hydrogens is 232 g/mol. The Morgan fingerprint density at radius 1 is 1.59 bits per heavy atom. The first-order valence-corrected chi connectivity index (χ1v) is 4.97. The number of hydrogen-bond donors (Lipinski definition) is 3. The number of aliphatic hydroxyl groups is 2. The van der Waals surface area contributed by atoms with Crippen LogP contribution in [-0.4, -0.2) is 60.8 Å². The van der Waals surface area contributed by atoms with Crippen molar-refractivity contribution < 1.29 is 24.9 Å². The van der Waals surface area contributed by atoms with Crippen molar-refractivity contribution >= 4 is 6.47 Å². The van der Waals surface area contributed by atoms with Gasteiger partial charge < -0.3 is 20.1 Å².